The van der Waals surface area contributed by atoms with Crippen LogP contribution >= 0.6 is 0 Å². The van der Waals surface area contributed by atoms with Gasteiger partial charge in [0.25, 0.3) is 6.43 Å². The molecule has 0 amide bonds. The van der Waals surface area contributed by atoms with Gasteiger partial charge in [0.15, 0.2) is 5.96 Å². The van der Waals surface area contributed by atoms with E-state index in [-0.39, 0.29) is 18.6 Å². The van der Waals surface area contributed by atoms with Gasteiger partial charge in [-0.2, -0.15) is 5.10 Å². The van der Waals surface area contributed by atoms with Crippen LogP contribution in [0, 0.1) is 0 Å². The minimum atomic E-state index is -2.26. The van der Waals surface area contributed by atoms with Crippen LogP contribution in [0.3, 0.4) is 0 Å². The lowest BCUT2D eigenvalue weighted by atomic mass is 10.1. The molecule has 1 fully saturated rings. The third-order valence-electron chi connectivity index (χ3n) is 4.74. The fourth-order valence-electron chi connectivity index (χ4n) is 3.25. The lowest BCUT2D eigenvalue weighted by molar-refractivity contribution is 0.0744. The van der Waals surface area contributed by atoms with Crippen LogP contribution in [0.1, 0.15) is 24.4 Å². The first-order valence-electron chi connectivity index (χ1n) is 9.01. The number of hydrogen-bond acceptors (Lipinski definition) is 4. The molecule has 0 aliphatic carbocycles. The van der Waals surface area contributed by atoms with Crippen LogP contribution in [0.25, 0.3) is 0 Å². The minimum Gasteiger partial charge on any atom is -0.354 e. The number of nitrogens with one attached hydrogen (secondary N) is 2. The molecule has 0 saturated carbocycles. The molecule has 1 unspecified atom stereocenters. The van der Waals surface area contributed by atoms with E-state index in [1.807, 2.05) is 38.4 Å². The monoisotopic (exact) mass is 371 g/mol. The van der Waals surface area contributed by atoms with Crippen LogP contribution in [0.4, 0.5) is 8.78 Å². The fraction of sp³-hybridized carbons (Fsp3) is 0.765. The van der Waals surface area contributed by atoms with Crippen molar-refractivity contribution in [3.63, 3.8) is 0 Å². The van der Waals surface area contributed by atoms with Crippen molar-refractivity contribution in [3.05, 3.63) is 18.0 Å². The van der Waals surface area contributed by atoms with Crippen molar-refractivity contribution in [2.75, 3.05) is 47.3 Å². The fourth-order valence-corrected chi connectivity index (χ4v) is 3.25. The van der Waals surface area contributed by atoms with Crippen molar-refractivity contribution in [2.24, 2.45) is 12.0 Å². The molecular weight excluding hydrogens is 340 g/mol. The summed E-state index contributed by atoms with van der Waals surface area (Å²) in [5.74, 6) is 0.744. The van der Waals surface area contributed by atoms with E-state index in [2.05, 4.69) is 25.6 Å². The highest BCUT2D eigenvalue weighted by Gasteiger charge is 2.22. The molecular formula is C17H31F2N7. The number of aryl methyl sites for hydroxylation is 1. The smallest absolute Gasteiger partial charge is 0.251 e. The number of hydrogen-bond donors (Lipinski definition) is 2. The molecule has 0 aromatic carbocycles. The topological polar surface area (TPSA) is 60.7 Å². The summed E-state index contributed by atoms with van der Waals surface area (Å²) in [6.45, 7) is 1.95. The largest absolute Gasteiger partial charge is 0.354 e. The van der Waals surface area contributed by atoms with Gasteiger partial charge in [-0.15, -0.1) is 0 Å². The van der Waals surface area contributed by atoms with Gasteiger partial charge in [-0.1, -0.05) is 0 Å². The summed E-state index contributed by atoms with van der Waals surface area (Å²) in [5, 5.41) is 11.0. The highest BCUT2D eigenvalue weighted by molar-refractivity contribution is 5.80. The first-order valence-corrected chi connectivity index (χ1v) is 9.01. The maximum absolute atomic E-state index is 12.5. The van der Waals surface area contributed by atoms with Gasteiger partial charge in [0.1, 0.15) is 0 Å². The Morgan fingerprint density at radius 2 is 2.08 bits per heavy atom. The second-order valence-electron chi connectivity index (χ2n) is 6.99. The summed E-state index contributed by atoms with van der Waals surface area (Å²) in [6, 6.07) is 0.432. The summed E-state index contributed by atoms with van der Waals surface area (Å²) < 4.78 is 26.7. The van der Waals surface area contributed by atoms with E-state index in [0.717, 1.165) is 24.4 Å². The van der Waals surface area contributed by atoms with Crippen molar-refractivity contribution in [1.29, 1.82) is 0 Å². The number of likely N-dealkylation sites (tertiary alicyclic amines) is 1. The number of likely N-dealkylation sites (N-methyl/N-ethyl adjacent to an activating group) is 1. The summed E-state index contributed by atoms with van der Waals surface area (Å²) in [4.78, 5) is 8.26. The average molecular weight is 371 g/mol. The first-order chi connectivity index (χ1) is 12.4. The molecule has 1 aliphatic heterocycles. The van der Waals surface area contributed by atoms with Gasteiger partial charge in [-0.3, -0.25) is 14.6 Å². The Balaban J connectivity index is 1.82. The van der Waals surface area contributed by atoms with Crippen molar-refractivity contribution >= 4 is 5.96 Å². The quantitative estimate of drug-likeness (QED) is 0.551. The SMILES string of the molecule is CN=C(NCC(c1cnn(C)c1)N(C)C)NC1CCN(CC(F)F)CC1. The normalized spacial score (nSPS) is 18.5. The number of nitrogens with zero attached hydrogens (tertiary/aromatic N) is 5. The second kappa shape index (κ2) is 9.82. The van der Waals surface area contributed by atoms with Crippen molar-refractivity contribution in [1.82, 2.24) is 30.2 Å². The molecule has 148 valence electrons. The van der Waals surface area contributed by atoms with Gasteiger partial charge >= 0.3 is 0 Å². The van der Waals surface area contributed by atoms with Crippen LogP contribution in [0.2, 0.25) is 0 Å². The summed E-state index contributed by atoms with van der Waals surface area (Å²) in [7, 11) is 7.73. The van der Waals surface area contributed by atoms with E-state index in [9.17, 15) is 8.78 Å². The van der Waals surface area contributed by atoms with Gasteiger partial charge in [0, 0.05) is 51.5 Å². The molecule has 1 aliphatic rings. The zero-order valence-corrected chi connectivity index (χ0v) is 16.1. The predicted octanol–water partition coefficient (Wildman–Crippen LogP) is 0.917. The number of aliphatic imine (C=N–C) groups is 1. The first kappa shape index (κ1) is 20.6. The highest BCUT2D eigenvalue weighted by Crippen LogP contribution is 2.16. The lowest BCUT2D eigenvalue weighted by Gasteiger charge is -2.33. The standard InChI is InChI=1S/C17H31F2N7/c1-20-17(23-14-5-7-26(8-6-14)12-16(18)19)21-10-15(24(2)3)13-9-22-25(4)11-13/h9,11,14-16H,5-8,10,12H2,1-4H3,(H2,20,21,23). The van der Waals surface area contributed by atoms with Crippen molar-refractivity contribution < 1.29 is 8.78 Å². The zero-order chi connectivity index (χ0) is 19.1. The lowest BCUT2D eigenvalue weighted by Crippen LogP contribution is -2.50. The molecule has 2 rings (SSSR count). The van der Waals surface area contributed by atoms with Crippen LogP contribution < -0.4 is 10.6 Å². The van der Waals surface area contributed by atoms with Crippen molar-refractivity contribution in [2.45, 2.75) is 31.4 Å². The highest BCUT2D eigenvalue weighted by atomic mass is 19.3. The van der Waals surface area contributed by atoms with Crippen LogP contribution in [0.5, 0.6) is 0 Å². The number of aromatic nitrogens is 2. The molecule has 9 heteroatoms. The maximum atomic E-state index is 12.5. The van der Waals surface area contributed by atoms with Gasteiger partial charge in [-0.25, -0.2) is 8.78 Å². The molecule has 1 aromatic heterocycles. The van der Waals surface area contributed by atoms with E-state index in [4.69, 9.17) is 0 Å². The van der Waals surface area contributed by atoms with Crippen LogP contribution in [-0.4, -0.2) is 85.3 Å². The Morgan fingerprint density at radius 3 is 2.58 bits per heavy atom. The van der Waals surface area contributed by atoms with Gasteiger partial charge in [0.05, 0.1) is 18.8 Å². The van der Waals surface area contributed by atoms with E-state index in [0.29, 0.717) is 19.6 Å². The molecule has 0 bridgehead atoms. The number of alkyl halides is 2. The molecule has 0 spiro atoms. The number of halogens is 2. The van der Waals surface area contributed by atoms with Gasteiger partial charge in [0.2, 0.25) is 0 Å². The Morgan fingerprint density at radius 1 is 1.38 bits per heavy atom. The molecule has 7 nitrogen and oxygen atoms in total. The number of rotatable bonds is 7. The average Bonchev–Trinajstić information content (AvgIpc) is 3.01. The predicted molar refractivity (Wildman–Crippen MR) is 99.6 cm³/mol. The molecule has 2 heterocycles. The Bertz CT molecular complexity index is 565. The van der Waals surface area contributed by atoms with E-state index < -0.39 is 6.43 Å². The molecule has 2 N–H and O–H groups in total. The molecule has 1 aromatic rings. The summed E-state index contributed by atoms with van der Waals surface area (Å²) >= 11 is 0. The molecule has 1 atom stereocenters. The van der Waals surface area contributed by atoms with Crippen LogP contribution in [0.15, 0.2) is 17.4 Å². The van der Waals surface area contributed by atoms with Gasteiger partial charge < -0.3 is 15.5 Å². The maximum Gasteiger partial charge on any atom is 0.251 e. The van der Waals surface area contributed by atoms with Crippen LogP contribution in [-0.2, 0) is 7.05 Å². The van der Waals surface area contributed by atoms with Crippen molar-refractivity contribution in [3.8, 4) is 0 Å². The molecule has 26 heavy (non-hydrogen) atoms. The summed E-state index contributed by atoms with van der Waals surface area (Å²) in [5.41, 5.74) is 1.14. The Hall–Kier alpha value is -1.74. The number of piperidine rings is 1. The third-order valence-corrected chi connectivity index (χ3v) is 4.74. The third kappa shape index (κ3) is 6.21. The second-order valence-corrected chi connectivity index (χ2v) is 6.99. The van der Waals surface area contributed by atoms with Gasteiger partial charge in [-0.05, 0) is 26.9 Å². The molecule has 0 radical (unpaired) electrons. The summed E-state index contributed by atoms with van der Waals surface area (Å²) in [6.07, 6.45) is 3.31. The Kier molecular flexibility index (Phi) is 7.77. The zero-order valence-electron chi connectivity index (χ0n) is 16.1. The number of guanidine groups is 1. The van der Waals surface area contributed by atoms with E-state index in [1.165, 1.54) is 0 Å². The minimum absolute atomic E-state index is 0.130. The van der Waals surface area contributed by atoms with E-state index in [1.54, 1.807) is 11.7 Å². The van der Waals surface area contributed by atoms with E-state index >= 15 is 0 Å². The Labute approximate surface area is 154 Å². The molecule has 1 saturated heterocycles.